The van der Waals surface area contributed by atoms with Crippen molar-refractivity contribution in [2.45, 2.75) is 20.0 Å². The van der Waals surface area contributed by atoms with Crippen LogP contribution in [0.15, 0.2) is 21.7 Å². The summed E-state index contributed by atoms with van der Waals surface area (Å²) in [6.07, 6.45) is 2.04. The molecule has 2 heterocycles. The van der Waals surface area contributed by atoms with Crippen LogP contribution in [0.2, 0.25) is 0 Å². The number of methoxy groups -OCH3 is 1. The molecule has 2 rings (SSSR count). The molecule has 2 aromatic rings. The number of hydrogen-bond acceptors (Lipinski definition) is 4. The van der Waals surface area contributed by atoms with Gasteiger partial charge in [-0.25, -0.2) is 4.99 Å². The summed E-state index contributed by atoms with van der Waals surface area (Å²) in [5, 5.41) is 11.6. The number of aryl methyl sites for hydroxylation is 2. The highest BCUT2D eigenvalue weighted by atomic mass is 79.9. The lowest BCUT2D eigenvalue weighted by atomic mass is 10.4. The number of halogens is 1. The van der Waals surface area contributed by atoms with Crippen molar-refractivity contribution >= 4 is 21.9 Å². The minimum Gasteiger partial charge on any atom is -0.383 e. The molecule has 0 unspecified atom stereocenters. The Morgan fingerprint density at radius 1 is 1.40 bits per heavy atom. The Kier molecular flexibility index (Phi) is 7.01. The molecule has 25 heavy (non-hydrogen) atoms. The van der Waals surface area contributed by atoms with Gasteiger partial charge in [-0.15, -0.1) is 10.2 Å². The van der Waals surface area contributed by atoms with Crippen LogP contribution >= 0.6 is 15.9 Å². The molecule has 0 aromatic carbocycles. The molecule has 8 nitrogen and oxygen atoms in total. The lowest BCUT2D eigenvalue weighted by Crippen LogP contribution is -2.40. The van der Waals surface area contributed by atoms with Gasteiger partial charge in [-0.3, -0.25) is 0 Å². The van der Waals surface area contributed by atoms with Crippen LogP contribution in [0, 0.1) is 6.92 Å². The average molecular weight is 412 g/mol. The maximum atomic E-state index is 5.13. The van der Waals surface area contributed by atoms with E-state index < -0.39 is 0 Å². The molecular formula is C16H26BrN7O. The van der Waals surface area contributed by atoms with Crippen LogP contribution in [0.5, 0.6) is 0 Å². The first kappa shape index (κ1) is 19.5. The molecule has 0 atom stereocenters. The van der Waals surface area contributed by atoms with E-state index >= 15 is 0 Å². The van der Waals surface area contributed by atoms with Crippen molar-refractivity contribution in [1.29, 1.82) is 0 Å². The molecule has 0 aliphatic carbocycles. The SMILES string of the molecule is COCCNC(=NCc1nnc(C)n1C)N(C)Cc1cc(Br)cn1C. The lowest BCUT2D eigenvalue weighted by Gasteiger charge is -2.22. The van der Waals surface area contributed by atoms with Gasteiger partial charge >= 0.3 is 0 Å². The third-order valence-electron chi connectivity index (χ3n) is 3.98. The Morgan fingerprint density at radius 2 is 2.16 bits per heavy atom. The van der Waals surface area contributed by atoms with Gasteiger partial charge in [0.1, 0.15) is 12.4 Å². The molecule has 9 heteroatoms. The molecule has 138 valence electrons. The van der Waals surface area contributed by atoms with Gasteiger partial charge in [0.25, 0.3) is 0 Å². The molecule has 1 N–H and O–H groups in total. The van der Waals surface area contributed by atoms with E-state index in [1.165, 1.54) is 5.69 Å². The van der Waals surface area contributed by atoms with Gasteiger partial charge in [-0.1, -0.05) is 0 Å². The van der Waals surface area contributed by atoms with Crippen LogP contribution in [0.1, 0.15) is 17.3 Å². The number of hydrogen-bond donors (Lipinski definition) is 1. The zero-order chi connectivity index (χ0) is 18.4. The largest absolute Gasteiger partial charge is 0.383 e. The van der Waals surface area contributed by atoms with Crippen LogP contribution in [-0.4, -0.2) is 57.5 Å². The predicted octanol–water partition coefficient (Wildman–Crippen LogP) is 1.45. The third-order valence-corrected chi connectivity index (χ3v) is 4.41. The normalized spacial score (nSPS) is 11.8. The first-order valence-corrected chi connectivity index (χ1v) is 8.85. The molecule has 0 saturated heterocycles. The van der Waals surface area contributed by atoms with Gasteiger partial charge < -0.3 is 24.1 Å². The average Bonchev–Trinajstić information content (AvgIpc) is 3.05. The van der Waals surface area contributed by atoms with Crippen LogP contribution in [0.25, 0.3) is 0 Å². The molecule has 0 bridgehead atoms. The second kappa shape index (κ2) is 9.00. The summed E-state index contributed by atoms with van der Waals surface area (Å²) in [7, 11) is 7.68. The smallest absolute Gasteiger partial charge is 0.194 e. The van der Waals surface area contributed by atoms with Gasteiger partial charge in [-0.05, 0) is 28.9 Å². The van der Waals surface area contributed by atoms with Crippen LogP contribution in [0.4, 0.5) is 0 Å². The summed E-state index contributed by atoms with van der Waals surface area (Å²) < 4.78 is 10.2. The van der Waals surface area contributed by atoms with E-state index in [4.69, 9.17) is 9.73 Å². The van der Waals surface area contributed by atoms with Crippen LogP contribution in [0.3, 0.4) is 0 Å². The highest BCUT2D eigenvalue weighted by Crippen LogP contribution is 2.15. The number of aliphatic imine (C=N–C) groups is 1. The molecule has 0 aliphatic rings. The van der Waals surface area contributed by atoms with E-state index in [2.05, 4.69) is 47.0 Å². The summed E-state index contributed by atoms with van der Waals surface area (Å²) in [5.41, 5.74) is 1.19. The first-order valence-electron chi connectivity index (χ1n) is 8.06. The van der Waals surface area contributed by atoms with Crippen molar-refractivity contribution in [3.05, 3.63) is 34.1 Å². The number of ether oxygens (including phenoxy) is 1. The van der Waals surface area contributed by atoms with Crippen molar-refractivity contribution in [3.63, 3.8) is 0 Å². The standard InChI is InChI=1S/C16H26BrN7O/c1-12-20-21-15(24(12)4)9-19-16(18-6-7-25-5)23(3)11-14-8-13(17)10-22(14)2/h8,10H,6-7,9,11H2,1-5H3,(H,18,19). The molecule has 0 fully saturated rings. The second-order valence-corrected chi connectivity index (χ2v) is 6.81. The molecule has 0 aliphatic heterocycles. The highest BCUT2D eigenvalue weighted by molar-refractivity contribution is 9.10. The van der Waals surface area contributed by atoms with Gasteiger partial charge in [0.15, 0.2) is 11.8 Å². The summed E-state index contributed by atoms with van der Waals surface area (Å²) in [5.74, 6) is 2.51. The van der Waals surface area contributed by atoms with E-state index in [1.54, 1.807) is 7.11 Å². The molecular weight excluding hydrogens is 386 g/mol. The lowest BCUT2D eigenvalue weighted by molar-refractivity contribution is 0.202. The Hall–Kier alpha value is -1.87. The number of nitrogens with one attached hydrogen (secondary N) is 1. The maximum absolute atomic E-state index is 5.13. The fraction of sp³-hybridized carbons (Fsp3) is 0.562. The topological polar surface area (TPSA) is 72.5 Å². The van der Waals surface area contributed by atoms with E-state index in [9.17, 15) is 0 Å². The minimum absolute atomic E-state index is 0.466. The van der Waals surface area contributed by atoms with Crippen molar-refractivity contribution in [2.75, 3.05) is 27.3 Å². The van der Waals surface area contributed by atoms with Crippen molar-refractivity contribution in [3.8, 4) is 0 Å². The Balaban J connectivity index is 2.11. The molecule has 2 aromatic heterocycles. The van der Waals surface area contributed by atoms with Gasteiger partial charge in [0, 0.05) is 51.2 Å². The summed E-state index contributed by atoms with van der Waals surface area (Å²) in [4.78, 5) is 6.79. The van der Waals surface area contributed by atoms with E-state index in [0.29, 0.717) is 19.7 Å². The fourth-order valence-corrected chi connectivity index (χ4v) is 2.92. The Bertz CT molecular complexity index is 722. The molecule has 0 saturated carbocycles. The maximum Gasteiger partial charge on any atom is 0.194 e. The van der Waals surface area contributed by atoms with Crippen molar-refractivity contribution in [2.24, 2.45) is 19.1 Å². The summed E-state index contributed by atoms with van der Waals surface area (Å²) in [6.45, 7) is 4.43. The van der Waals surface area contributed by atoms with E-state index in [1.807, 2.05) is 38.8 Å². The summed E-state index contributed by atoms with van der Waals surface area (Å²) >= 11 is 3.51. The second-order valence-electron chi connectivity index (χ2n) is 5.90. The highest BCUT2D eigenvalue weighted by Gasteiger charge is 2.11. The number of guanidine groups is 1. The van der Waals surface area contributed by atoms with Crippen LogP contribution < -0.4 is 5.32 Å². The van der Waals surface area contributed by atoms with Gasteiger partial charge in [-0.2, -0.15) is 0 Å². The van der Waals surface area contributed by atoms with Crippen molar-refractivity contribution < 1.29 is 4.74 Å². The first-order chi connectivity index (χ1) is 11.9. The van der Waals surface area contributed by atoms with Gasteiger partial charge in [0.05, 0.1) is 13.2 Å². The van der Waals surface area contributed by atoms with Gasteiger partial charge in [0.2, 0.25) is 0 Å². The van der Waals surface area contributed by atoms with Crippen molar-refractivity contribution in [1.82, 2.24) is 29.5 Å². The predicted molar refractivity (Wildman–Crippen MR) is 101 cm³/mol. The molecule has 0 spiro atoms. The quantitative estimate of drug-likeness (QED) is 0.424. The van der Waals surface area contributed by atoms with Crippen LogP contribution in [-0.2, 0) is 31.9 Å². The Labute approximate surface area is 157 Å². The van der Waals surface area contributed by atoms with E-state index in [0.717, 1.165) is 28.6 Å². The zero-order valence-corrected chi connectivity index (χ0v) is 17.0. The monoisotopic (exact) mass is 411 g/mol. The Morgan fingerprint density at radius 3 is 2.72 bits per heavy atom. The molecule has 0 amide bonds. The zero-order valence-electron chi connectivity index (χ0n) is 15.5. The third kappa shape index (κ3) is 5.30. The summed E-state index contributed by atoms with van der Waals surface area (Å²) in [6, 6.07) is 2.11. The number of aromatic nitrogens is 4. The van der Waals surface area contributed by atoms with E-state index in [-0.39, 0.29) is 0 Å². The molecule has 0 radical (unpaired) electrons. The minimum atomic E-state index is 0.466. The number of rotatable bonds is 7. The fourth-order valence-electron chi connectivity index (χ4n) is 2.35. The number of nitrogens with zero attached hydrogens (tertiary/aromatic N) is 6.